The zero-order valence-electron chi connectivity index (χ0n) is 7.98. The number of nitrogens with zero attached hydrogens (tertiary/aromatic N) is 4. The Kier molecular flexibility index (Phi) is 3.33. The fraction of sp³-hybridized carbons (Fsp3) is 0. The van der Waals surface area contributed by atoms with E-state index in [0.29, 0.717) is 5.69 Å². The molecule has 0 aliphatic heterocycles. The van der Waals surface area contributed by atoms with E-state index in [1.807, 2.05) is 0 Å². The molecule has 0 aliphatic rings. The molecule has 0 aliphatic carbocycles. The molecule has 16 heavy (non-hydrogen) atoms. The summed E-state index contributed by atoms with van der Waals surface area (Å²) < 4.78 is 26.0. The molecular formula is C7H8N6O2S. The van der Waals surface area contributed by atoms with Gasteiger partial charge in [-0.15, -0.1) is 4.40 Å². The Morgan fingerprint density at radius 2 is 1.81 bits per heavy atom. The molecule has 0 heterocycles. The average Bonchev–Trinajstić information content (AvgIpc) is 2.17. The van der Waals surface area contributed by atoms with E-state index in [1.54, 1.807) is 0 Å². The van der Waals surface area contributed by atoms with Crippen LogP contribution in [-0.2, 0) is 10.0 Å². The maximum atomic E-state index is 11.5. The topological polar surface area (TPSA) is 147 Å². The molecule has 0 radical (unpaired) electrons. The number of guanidine groups is 1. The van der Waals surface area contributed by atoms with Crippen molar-refractivity contribution in [1.29, 1.82) is 0 Å². The van der Waals surface area contributed by atoms with E-state index in [4.69, 9.17) is 17.0 Å². The van der Waals surface area contributed by atoms with Gasteiger partial charge in [-0.2, -0.15) is 8.42 Å². The Balaban J connectivity index is 3.17. The van der Waals surface area contributed by atoms with Gasteiger partial charge in [0.25, 0.3) is 10.0 Å². The molecule has 0 bridgehead atoms. The van der Waals surface area contributed by atoms with Crippen LogP contribution in [0.5, 0.6) is 0 Å². The van der Waals surface area contributed by atoms with Crippen molar-refractivity contribution >= 4 is 21.7 Å². The van der Waals surface area contributed by atoms with Crippen LogP contribution < -0.4 is 11.5 Å². The van der Waals surface area contributed by atoms with Gasteiger partial charge in [0.15, 0.2) is 0 Å². The zero-order chi connectivity index (χ0) is 12.2. The SMILES string of the molecule is [N-]=[N+]=Nc1ccc(S(=O)(=O)N=C(N)N)cc1. The van der Waals surface area contributed by atoms with Crippen LogP contribution in [0.3, 0.4) is 0 Å². The molecule has 1 aromatic rings. The lowest BCUT2D eigenvalue weighted by atomic mass is 10.3. The van der Waals surface area contributed by atoms with Crippen LogP contribution in [-0.4, -0.2) is 14.4 Å². The van der Waals surface area contributed by atoms with Crippen LogP contribution in [0.1, 0.15) is 0 Å². The Hall–Kier alpha value is -2.25. The van der Waals surface area contributed by atoms with E-state index >= 15 is 0 Å². The highest BCUT2D eigenvalue weighted by Crippen LogP contribution is 2.17. The minimum absolute atomic E-state index is 0.0854. The van der Waals surface area contributed by atoms with Gasteiger partial charge in [0.1, 0.15) is 0 Å². The van der Waals surface area contributed by atoms with Crippen LogP contribution in [0.25, 0.3) is 10.4 Å². The molecule has 0 spiro atoms. The summed E-state index contributed by atoms with van der Waals surface area (Å²) >= 11 is 0. The van der Waals surface area contributed by atoms with Gasteiger partial charge in [-0.3, -0.25) is 0 Å². The molecule has 9 heteroatoms. The quantitative estimate of drug-likeness (QED) is 0.261. The first-order chi connectivity index (χ1) is 7.45. The summed E-state index contributed by atoms with van der Waals surface area (Å²) in [5.74, 6) is -0.542. The van der Waals surface area contributed by atoms with Gasteiger partial charge in [-0.05, 0) is 17.7 Å². The molecule has 0 unspecified atom stereocenters. The van der Waals surface area contributed by atoms with Crippen molar-refractivity contribution in [3.63, 3.8) is 0 Å². The molecule has 8 nitrogen and oxygen atoms in total. The van der Waals surface area contributed by atoms with Crippen molar-refractivity contribution < 1.29 is 8.42 Å². The fourth-order valence-corrected chi connectivity index (χ4v) is 1.79. The molecule has 0 saturated heterocycles. The highest BCUT2D eigenvalue weighted by atomic mass is 32.2. The van der Waals surface area contributed by atoms with Gasteiger partial charge in [0, 0.05) is 10.6 Å². The van der Waals surface area contributed by atoms with E-state index < -0.39 is 16.0 Å². The van der Waals surface area contributed by atoms with Crippen molar-refractivity contribution in [3.05, 3.63) is 34.7 Å². The van der Waals surface area contributed by atoms with Gasteiger partial charge in [-0.25, -0.2) is 0 Å². The number of azide groups is 1. The van der Waals surface area contributed by atoms with Gasteiger partial charge in [-0.1, -0.05) is 17.2 Å². The third-order valence-electron chi connectivity index (χ3n) is 1.52. The number of nitrogens with two attached hydrogens (primary N) is 2. The molecule has 0 aromatic heterocycles. The molecular weight excluding hydrogens is 232 g/mol. The van der Waals surface area contributed by atoms with Crippen LogP contribution in [0.2, 0.25) is 0 Å². The third-order valence-corrected chi connectivity index (χ3v) is 2.84. The van der Waals surface area contributed by atoms with Gasteiger partial charge in [0.2, 0.25) is 5.96 Å². The summed E-state index contributed by atoms with van der Waals surface area (Å²) in [6, 6.07) is 5.17. The Bertz CT molecular complexity index is 551. The number of hydrogen-bond donors (Lipinski definition) is 2. The Morgan fingerprint density at radius 1 is 1.25 bits per heavy atom. The highest BCUT2D eigenvalue weighted by molar-refractivity contribution is 7.90. The molecule has 0 atom stereocenters. The Labute approximate surface area is 91.3 Å². The summed E-state index contributed by atoms with van der Waals surface area (Å²) in [4.78, 5) is 2.47. The third kappa shape index (κ3) is 2.87. The predicted molar refractivity (Wildman–Crippen MR) is 58.2 cm³/mol. The van der Waals surface area contributed by atoms with Gasteiger partial charge in [0.05, 0.1) is 4.90 Å². The van der Waals surface area contributed by atoms with E-state index in [9.17, 15) is 8.42 Å². The monoisotopic (exact) mass is 240 g/mol. The molecule has 84 valence electrons. The summed E-state index contributed by atoms with van der Waals surface area (Å²) in [5, 5.41) is 3.29. The minimum atomic E-state index is -3.89. The largest absolute Gasteiger partial charge is 0.369 e. The first kappa shape index (κ1) is 11.8. The lowest BCUT2D eigenvalue weighted by Crippen LogP contribution is -2.24. The van der Waals surface area contributed by atoms with E-state index in [1.165, 1.54) is 24.3 Å². The van der Waals surface area contributed by atoms with E-state index in [0.717, 1.165) is 0 Å². The second-order valence-electron chi connectivity index (χ2n) is 2.67. The molecule has 0 saturated carbocycles. The summed E-state index contributed by atoms with van der Waals surface area (Å²) in [6.07, 6.45) is 0. The van der Waals surface area contributed by atoms with Gasteiger partial charge >= 0.3 is 0 Å². The molecule has 0 amide bonds. The van der Waals surface area contributed by atoms with Crippen LogP contribution >= 0.6 is 0 Å². The smallest absolute Gasteiger partial charge is 0.285 e. The maximum absolute atomic E-state index is 11.5. The second kappa shape index (κ2) is 4.51. The number of sulfonamides is 1. The second-order valence-corrected chi connectivity index (χ2v) is 4.28. The van der Waals surface area contributed by atoms with Crippen LogP contribution in [0.15, 0.2) is 38.7 Å². The first-order valence-electron chi connectivity index (χ1n) is 3.97. The normalized spacial score (nSPS) is 10.2. The standard InChI is InChI=1S/C7H8N6O2S/c8-7(9)12-16(14,15)6-3-1-5(2-4-6)11-13-10/h1-4H,(H4,8,9,12). The fourth-order valence-electron chi connectivity index (χ4n) is 0.928. The molecule has 1 rings (SSSR count). The van der Waals surface area contributed by atoms with Crippen molar-refractivity contribution in [3.8, 4) is 0 Å². The first-order valence-corrected chi connectivity index (χ1v) is 5.41. The van der Waals surface area contributed by atoms with Crippen molar-refractivity contribution in [2.24, 2.45) is 21.0 Å². The number of benzene rings is 1. The Morgan fingerprint density at radius 3 is 2.25 bits per heavy atom. The number of hydrogen-bond acceptors (Lipinski definition) is 3. The average molecular weight is 240 g/mol. The predicted octanol–water partition coefficient (Wildman–Crippen LogP) is 0.591. The molecule has 4 N–H and O–H groups in total. The van der Waals surface area contributed by atoms with Crippen molar-refractivity contribution in [2.75, 3.05) is 0 Å². The minimum Gasteiger partial charge on any atom is -0.369 e. The summed E-state index contributed by atoms with van der Waals surface area (Å²) in [6.45, 7) is 0. The van der Waals surface area contributed by atoms with Crippen molar-refractivity contribution in [2.45, 2.75) is 4.90 Å². The summed E-state index contributed by atoms with van der Waals surface area (Å²) in [5.41, 5.74) is 18.4. The van der Waals surface area contributed by atoms with Crippen molar-refractivity contribution in [1.82, 2.24) is 0 Å². The zero-order valence-corrected chi connectivity index (χ0v) is 8.79. The molecule has 0 fully saturated rings. The lowest BCUT2D eigenvalue weighted by Gasteiger charge is -1.99. The van der Waals surface area contributed by atoms with E-state index in [2.05, 4.69) is 14.4 Å². The van der Waals surface area contributed by atoms with Crippen LogP contribution in [0, 0.1) is 0 Å². The highest BCUT2D eigenvalue weighted by Gasteiger charge is 2.12. The van der Waals surface area contributed by atoms with Gasteiger partial charge < -0.3 is 11.5 Å². The van der Waals surface area contributed by atoms with E-state index in [-0.39, 0.29) is 4.90 Å². The maximum Gasteiger partial charge on any atom is 0.285 e. The lowest BCUT2D eigenvalue weighted by molar-refractivity contribution is 0.598. The van der Waals surface area contributed by atoms with Crippen LogP contribution in [0.4, 0.5) is 5.69 Å². The molecule has 1 aromatic carbocycles. The number of rotatable bonds is 3. The summed E-state index contributed by atoms with van der Waals surface area (Å²) in [7, 11) is -3.89.